The summed E-state index contributed by atoms with van der Waals surface area (Å²) in [7, 11) is 1.40. The van der Waals surface area contributed by atoms with Crippen molar-refractivity contribution in [2.24, 2.45) is 0 Å². The van der Waals surface area contributed by atoms with Crippen LogP contribution in [0, 0.1) is 10.1 Å². The van der Waals surface area contributed by atoms with Crippen molar-refractivity contribution < 1.29 is 14.5 Å². The Morgan fingerprint density at radius 3 is 2.78 bits per heavy atom. The van der Waals surface area contributed by atoms with Gasteiger partial charge in [0.1, 0.15) is 17.6 Å². The average Bonchev–Trinajstić information content (AvgIpc) is 2.34. The molecule has 0 fully saturated rings. The number of aromatic nitrogens is 1. The SMILES string of the molecule is CNC(=O)CNC(=O)c1cc(N)ncc1[N+](=O)[O-]. The van der Waals surface area contributed by atoms with E-state index in [4.69, 9.17) is 5.73 Å². The van der Waals surface area contributed by atoms with E-state index in [0.717, 1.165) is 12.3 Å². The Hall–Kier alpha value is -2.71. The second-order valence-corrected chi connectivity index (χ2v) is 3.24. The van der Waals surface area contributed by atoms with E-state index in [1.807, 2.05) is 0 Å². The molecule has 96 valence electrons. The van der Waals surface area contributed by atoms with Crippen LogP contribution < -0.4 is 16.4 Å². The van der Waals surface area contributed by atoms with Gasteiger partial charge in [-0.3, -0.25) is 19.7 Å². The summed E-state index contributed by atoms with van der Waals surface area (Å²) in [5.41, 5.74) is 4.64. The van der Waals surface area contributed by atoms with Crippen LogP contribution in [0.1, 0.15) is 10.4 Å². The molecule has 1 heterocycles. The summed E-state index contributed by atoms with van der Waals surface area (Å²) in [5.74, 6) is -1.21. The molecule has 9 nitrogen and oxygen atoms in total. The molecule has 0 bridgehead atoms. The minimum Gasteiger partial charge on any atom is -0.384 e. The number of nitrogens with two attached hydrogens (primary N) is 1. The number of nitro groups is 1. The van der Waals surface area contributed by atoms with Crippen LogP contribution in [0.5, 0.6) is 0 Å². The second kappa shape index (κ2) is 5.57. The molecule has 0 aliphatic heterocycles. The van der Waals surface area contributed by atoms with Crippen LogP contribution >= 0.6 is 0 Å². The maximum Gasteiger partial charge on any atom is 0.300 e. The van der Waals surface area contributed by atoms with Crippen molar-refractivity contribution in [2.75, 3.05) is 19.3 Å². The number of nitrogens with one attached hydrogen (secondary N) is 2. The maximum atomic E-state index is 11.7. The Morgan fingerprint density at radius 1 is 1.56 bits per heavy atom. The predicted molar refractivity (Wildman–Crippen MR) is 61.7 cm³/mol. The van der Waals surface area contributed by atoms with Crippen molar-refractivity contribution in [1.29, 1.82) is 0 Å². The quantitative estimate of drug-likeness (QED) is 0.466. The van der Waals surface area contributed by atoms with Gasteiger partial charge in [-0.15, -0.1) is 0 Å². The summed E-state index contributed by atoms with van der Waals surface area (Å²) in [4.78, 5) is 36.1. The van der Waals surface area contributed by atoms with Gasteiger partial charge in [0.25, 0.3) is 11.6 Å². The fourth-order valence-electron chi connectivity index (χ4n) is 1.14. The van der Waals surface area contributed by atoms with Gasteiger partial charge in [0.05, 0.1) is 11.5 Å². The summed E-state index contributed by atoms with van der Waals surface area (Å²) in [5, 5.41) is 15.2. The first-order chi connectivity index (χ1) is 8.45. The Labute approximate surface area is 102 Å². The molecule has 0 atom stereocenters. The van der Waals surface area contributed by atoms with E-state index in [2.05, 4.69) is 15.6 Å². The van der Waals surface area contributed by atoms with Crippen LogP contribution in [0.2, 0.25) is 0 Å². The number of amides is 2. The zero-order valence-electron chi connectivity index (χ0n) is 9.47. The van der Waals surface area contributed by atoms with Gasteiger partial charge in [-0.2, -0.15) is 0 Å². The highest BCUT2D eigenvalue weighted by molar-refractivity contribution is 6.00. The number of nitrogen functional groups attached to an aromatic ring is 1. The average molecular weight is 253 g/mol. The normalized spacial score (nSPS) is 9.61. The number of likely N-dealkylation sites (N-methyl/N-ethyl adjacent to an activating group) is 1. The zero-order chi connectivity index (χ0) is 13.7. The lowest BCUT2D eigenvalue weighted by atomic mass is 10.2. The summed E-state index contributed by atoms with van der Waals surface area (Å²) < 4.78 is 0. The van der Waals surface area contributed by atoms with Crippen molar-refractivity contribution in [3.63, 3.8) is 0 Å². The van der Waals surface area contributed by atoms with Crippen LogP contribution in [0.4, 0.5) is 11.5 Å². The first kappa shape index (κ1) is 13.4. The van der Waals surface area contributed by atoms with E-state index in [-0.39, 0.29) is 17.9 Å². The highest BCUT2D eigenvalue weighted by Crippen LogP contribution is 2.18. The second-order valence-electron chi connectivity index (χ2n) is 3.24. The monoisotopic (exact) mass is 253 g/mol. The number of hydrogen-bond acceptors (Lipinski definition) is 6. The van der Waals surface area contributed by atoms with Crippen molar-refractivity contribution in [3.05, 3.63) is 27.9 Å². The molecule has 1 aromatic rings. The van der Waals surface area contributed by atoms with Crippen molar-refractivity contribution >= 4 is 23.3 Å². The third-order valence-corrected chi connectivity index (χ3v) is 2.03. The Morgan fingerprint density at radius 2 is 2.22 bits per heavy atom. The van der Waals surface area contributed by atoms with Crippen LogP contribution in [-0.2, 0) is 4.79 Å². The van der Waals surface area contributed by atoms with Gasteiger partial charge < -0.3 is 16.4 Å². The zero-order valence-corrected chi connectivity index (χ0v) is 9.47. The highest BCUT2D eigenvalue weighted by Gasteiger charge is 2.21. The van der Waals surface area contributed by atoms with E-state index in [1.165, 1.54) is 7.05 Å². The van der Waals surface area contributed by atoms with Gasteiger partial charge in [0.2, 0.25) is 5.91 Å². The molecule has 1 aromatic heterocycles. The summed E-state index contributed by atoms with van der Waals surface area (Å²) >= 11 is 0. The van der Waals surface area contributed by atoms with Crippen LogP contribution in [0.25, 0.3) is 0 Å². The number of anilines is 1. The number of carbonyl (C=O) groups is 2. The van der Waals surface area contributed by atoms with Crippen LogP contribution in [0.3, 0.4) is 0 Å². The first-order valence-corrected chi connectivity index (χ1v) is 4.84. The molecule has 1 rings (SSSR count). The molecule has 0 radical (unpaired) electrons. The van der Waals surface area contributed by atoms with Crippen molar-refractivity contribution in [2.45, 2.75) is 0 Å². The van der Waals surface area contributed by atoms with Gasteiger partial charge in [-0.25, -0.2) is 4.98 Å². The molecule has 0 saturated heterocycles. The third kappa shape index (κ3) is 3.14. The fraction of sp³-hybridized carbons (Fsp3) is 0.222. The molecule has 0 aliphatic rings. The van der Waals surface area contributed by atoms with Gasteiger partial charge in [0.15, 0.2) is 0 Å². The predicted octanol–water partition coefficient (Wildman–Crippen LogP) is -0.952. The topological polar surface area (TPSA) is 140 Å². The summed E-state index contributed by atoms with van der Waals surface area (Å²) in [6.45, 7) is -0.283. The molecular formula is C9H11N5O4. The third-order valence-electron chi connectivity index (χ3n) is 2.03. The standard InChI is InChI=1S/C9H11N5O4/c1-11-8(15)4-13-9(16)5-2-7(10)12-3-6(5)14(17)18/h2-3H,4H2,1H3,(H2,10,12)(H,11,15)(H,13,16). The Balaban J connectivity index is 2.93. The smallest absolute Gasteiger partial charge is 0.300 e. The number of pyridine rings is 1. The van der Waals surface area contributed by atoms with E-state index >= 15 is 0 Å². The van der Waals surface area contributed by atoms with Crippen LogP contribution in [-0.4, -0.2) is 35.3 Å². The van der Waals surface area contributed by atoms with Gasteiger partial charge in [-0.1, -0.05) is 0 Å². The molecule has 0 spiro atoms. The van der Waals surface area contributed by atoms with E-state index < -0.39 is 22.4 Å². The van der Waals surface area contributed by atoms with Gasteiger partial charge in [0, 0.05) is 7.05 Å². The van der Waals surface area contributed by atoms with Gasteiger partial charge in [-0.05, 0) is 6.07 Å². The van der Waals surface area contributed by atoms with Crippen molar-refractivity contribution in [3.8, 4) is 0 Å². The molecular weight excluding hydrogens is 242 g/mol. The largest absolute Gasteiger partial charge is 0.384 e. The van der Waals surface area contributed by atoms with E-state index in [0.29, 0.717) is 0 Å². The number of rotatable bonds is 4. The minimum absolute atomic E-state index is 0.0225. The van der Waals surface area contributed by atoms with Gasteiger partial charge >= 0.3 is 0 Å². The molecule has 4 N–H and O–H groups in total. The van der Waals surface area contributed by atoms with Crippen LogP contribution in [0.15, 0.2) is 12.3 Å². The Bertz CT molecular complexity index is 502. The lowest BCUT2D eigenvalue weighted by Crippen LogP contribution is -2.35. The first-order valence-electron chi connectivity index (χ1n) is 4.84. The maximum absolute atomic E-state index is 11.7. The van der Waals surface area contributed by atoms with E-state index in [1.54, 1.807) is 0 Å². The number of nitrogens with zero attached hydrogens (tertiary/aromatic N) is 2. The van der Waals surface area contributed by atoms with E-state index in [9.17, 15) is 19.7 Å². The molecule has 0 aliphatic carbocycles. The molecule has 0 unspecified atom stereocenters. The molecule has 0 saturated carbocycles. The summed E-state index contributed by atoms with van der Waals surface area (Å²) in [6.07, 6.45) is 0.893. The summed E-state index contributed by atoms with van der Waals surface area (Å²) in [6, 6.07) is 1.08. The number of hydrogen-bond donors (Lipinski definition) is 3. The van der Waals surface area contributed by atoms with Crippen molar-refractivity contribution in [1.82, 2.24) is 15.6 Å². The lowest BCUT2D eigenvalue weighted by Gasteiger charge is -2.05. The molecule has 9 heteroatoms. The number of carbonyl (C=O) groups excluding carboxylic acids is 2. The minimum atomic E-state index is -0.764. The fourth-order valence-corrected chi connectivity index (χ4v) is 1.14. The molecule has 18 heavy (non-hydrogen) atoms. The highest BCUT2D eigenvalue weighted by atomic mass is 16.6. The molecule has 2 amide bonds. The Kier molecular flexibility index (Phi) is 4.13. The lowest BCUT2D eigenvalue weighted by molar-refractivity contribution is -0.385. The molecule has 0 aromatic carbocycles.